The van der Waals surface area contributed by atoms with E-state index in [0.29, 0.717) is 18.7 Å². The zero-order chi connectivity index (χ0) is 25.6. The average Bonchev–Trinajstić information content (AvgIpc) is 3.38. The first-order valence-corrected chi connectivity index (χ1v) is 13.2. The summed E-state index contributed by atoms with van der Waals surface area (Å²) in [6, 6.07) is 26.7. The standard InChI is InChI=1S/C30H27BrN4O2/c31-25-16-14-23(15-17-25)29(36)32-27(30(37)34-18-8-3-9-19-34)20-24-21-35(26-12-6-2-7-13-26)33-28(24)22-10-4-1-5-11-22/h1-2,4-7,10-17,20-21H,3,8-9,18-19H2,(H,32,36)/b27-20-. The van der Waals surface area contributed by atoms with Gasteiger partial charge in [0, 0.05) is 40.4 Å². The Morgan fingerprint density at radius 1 is 0.838 bits per heavy atom. The predicted octanol–water partition coefficient (Wildman–Crippen LogP) is 6.09. The van der Waals surface area contributed by atoms with E-state index in [0.717, 1.165) is 46.2 Å². The molecule has 0 aliphatic carbocycles. The molecule has 0 radical (unpaired) electrons. The Bertz CT molecular complexity index is 1410. The number of hydrogen-bond donors (Lipinski definition) is 1. The van der Waals surface area contributed by atoms with Crippen molar-refractivity contribution in [2.24, 2.45) is 0 Å². The summed E-state index contributed by atoms with van der Waals surface area (Å²) in [5, 5.41) is 7.76. The van der Waals surface area contributed by atoms with Crippen LogP contribution in [-0.2, 0) is 4.79 Å². The normalized spacial score (nSPS) is 13.9. The van der Waals surface area contributed by atoms with Crippen LogP contribution in [0.1, 0.15) is 35.2 Å². The van der Waals surface area contributed by atoms with Crippen LogP contribution in [0.2, 0.25) is 0 Å². The van der Waals surface area contributed by atoms with Crippen molar-refractivity contribution in [3.05, 3.63) is 112 Å². The van der Waals surface area contributed by atoms with Crippen LogP contribution in [0.5, 0.6) is 0 Å². The molecule has 37 heavy (non-hydrogen) atoms. The van der Waals surface area contributed by atoms with Crippen molar-refractivity contribution < 1.29 is 9.59 Å². The van der Waals surface area contributed by atoms with Crippen LogP contribution in [0, 0.1) is 0 Å². The van der Waals surface area contributed by atoms with Crippen molar-refractivity contribution in [2.75, 3.05) is 13.1 Å². The third-order valence-electron chi connectivity index (χ3n) is 6.34. The van der Waals surface area contributed by atoms with Crippen LogP contribution in [-0.4, -0.2) is 39.6 Å². The number of benzene rings is 3. The Balaban J connectivity index is 1.58. The first kappa shape index (κ1) is 24.7. The molecule has 1 aliphatic rings. The summed E-state index contributed by atoms with van der Waals surface area (Å²) in [4.78, 5) is 28.6. The zero-order valence-electron chi connectivity index (χ0n) is 20.3. The van der Waals surface area contributed by atoms with Gasteiger partial charge in [-0.05, 0) is 61.7 Å². The van der Waals surface area contributed by atoms with Gasteiger partial charge in [0.1, 0.15) is 11.4 Å². The summed E-state index contributed by atoms with van der Waals surface area (Å²) >= 11 is 3.40. The summed E-state index contributed by atoms with van der Waals surface area (Å²) in [6.07, 6.45) is 6.67. The second-order valence-electron chi connectivity index (χ2n) is 8.95. The maximum atomic E-state index is 13.7. The molecule has 5 rings (SSSR count). The molecule has 1 aromatic heterocycles. The van der Waals surface area contributed by atoms with Gasteiger partial charge in [-0.1, -0.05) is 64.5 Å². The van der Waals surface area contributed by atoms with Gasteiger partial charge in [0.25, 0.3) is 11.8 Å². The third-order valence-corrected chi connectivity index (χ3v) is 6.87. The Morgan fingerprint density at radius 3 is 2.16 bits per heavy atom. The molecular formula is C30H27BrN4O2. The number of piperidine rings is 1. The molecule has 0 atom stereocenters. The van der Waals surface area contributed by atoms with Gasteiger partial charge in [0.15, 0.2) is 0 Å². The molecule has 0 unspecified atom stereocenters. The molecule has 2 amide bonds. The lowest BCUT2D eigenvalue weighted by molar-refractivity contribution is -0.128. The van der Waals surface area contributed by atoms with Gasteiger partial charge < -0.3 is 10.2 Å². The molecule has 0 bridgehead atoms. The Kier molecular flexibility index (Phi) is 7.61. The van der Waals surface area contributed by atoms with E-state index in [1.165, 1.54) is 0 Å². The number of halogens is 1. The molecule has 1 fully saturated rings. The van der Waals surface area contributed by atoms with Gasteiger partial charge in [0.05, 0.1) is 5.69 Å². The Morgan fingerprint density at radius 2 is 1.49 bits per heavy atom. The quantitative estimate of drug-likeness (QED) is 0.293. The summed E-state index contributed by atoms with van der Waals surface area (Å²) in [7, 11) is 0. The number of para-hydroxylation sites is 1. The minimum atomic E-state index is -0.333. The van der Waals surface area contributed by atoms with Crippen LogP contribution in [0.25, 0.3) is 23.0 Å². The highest BCUT2D eigenvalue weighted by molar-refractivity contribution is 9.10. The number of amides is 2. The van der Waals surface area contributed by atoms with Crippen molar-refractivity contribution in [3.63, 3.8) is 0 Å². The van der Waals surface area contributed by atoms with Crippen LogP contribution >= 0.6 is 15.9 Å². The number of nitrogens with one attached hydrogen (secondary N) is 1. The Hall–Kier alpha value is -3.97. The van der Waals surface area contributed by atoms with Crippen LogP contribution in [0.3, 0.4) is 0 Å². The number of carbonyl (C=O) groups excluding carboxylic acids is 2. The van der Waals surface area contributed by atoms with Gasteiger partial charge in [-0.3, -0.25) is 9.59 Å². The smallest absolute Gasteiger partial charge is 0.270 e. The molecule has 4 aromatic rings. The van der Waals surface area contributed by atoms with Crippen molar-refractivity contribution in [3.8, 4) is 16.9 Å². The second-order valence-corrected chi connectivity index (χ2v) is 9.87. The van der Waals surface area contributed by atoms with Crippen molar-refractivity contribution >= 4 is 33.8 Å². The van der Waals surface area contributed by atoms with E-state index in [1.807, 2.05) is 83.9 Å². The summed E-state index contributed by atoms with van der Waals surface area (Å²) in [5.74, 6) is -0.516. The average molecular weight is 555 g/mol. The fourth-order valence-electron chi connectivity index (χ4n) is 4.40. The third kappa shape index (κ3) is 5.89. The lowest BCUT2D eigenvalue weighted by Crippen LogP contribution is -2.41. The van der Waals surface area contributed by atoms with Crippen molar-refractivity contribution in [1.82, 2.24) is 20.0 Å². The van der Waals surface area contributed by atoms with Gasteiger partial charge in [-0.2, -0.15) is 5.10 Å². The van der Waals surface area contributed by atoms with Crippen molar-refractivity contribution in [2.45, 2.75) is 19.3 Å². The fraction of sp³-hybridized carbons (Fsp3) is 0.167. The van der Waals surface area contributed by atoms with Crippen molar-refractivity contribution in [1.29, 1.82) is 0 Å². The van der Waals surface area contributed by atoms with E-state index < -0.39 is 0 Å². The van der Waals surface area contributed by atoms with E-state index in [9.17, 15) is 9.59 Å². The minimum Gasteiger partial charge on any atom is -0.337 e. The number of aromatic nitrogens is 2. The molecule has 1 N–H and O–H groups in total. The highest BCUT2D eigenvalue weighted by Crippen LogP contribution is 2.26. The summed E-state index contributed by atoms with van der Waals surface area (Å²) < 4.78 is 2.68. The zero-order valence-corrected chi connectivity index (χ0v) is 21.9. The molecule has 2 heterocycles. The van der Waals surface area contributed by atoms with E-state index in [1.54, 1.807) is 22.9 Å². The monoisotopic (exact) mass is 554 g/mol. The highest BCUT2D eigenvalue weighted by atomic mass is 79.9. The van der Waals surface area contributed by atoms with Gasteiger partial charge in [-0.25, -0.2) is 4.68 Å². The van der Waals surface area contributed by atoms with Crippen LogP contribution < -0.4 is 5.32 Å². The van der Waals surface area contributed by atoms with Gasteiger partial charge >= 0.3 is 0 Å². The Labute approximate surface area is 224 Å². The largest absolute Gasteiger partial charge is 0.337 e. The fourth-order valence-corrected chi connectivity index (χ4v) is 4.66. The number of hydrogen-bond acceptors (Lipinski definition) is 3. The lowest BCUT2D eigenvalue weighted by atomic mass is 10.1. The lowest BCUT2D eigenvalue weighted by Gasteiger charge is -2.27. The van der Waals surface area contributed by atoms with Gasteiger partial charge in [0.2, 0.25) is 0 Å². The second kappa shape index (κ2) is 11.4. The van der Waals surface area contributed by atoms with E-state index in [2.05, 4.69) is 21.2 Å². The molecule has 0 saturated carbocycles. The first-order chi connectivity index (χ1) is 18.1. The summed E-state index contributed by atoms with van der Waals surface area (Å²) in [6.45, 7) is 1.36. The maximum Gasteiger partial charge on any atom is 0.270 e. The number of nitrogens with zero attached hydrogens (tertiary/aromatic N) is 3. The molecule has 7 heteroatoms. The van der Waals surface area contributed by atoms with Gasteiger partial charge in [-0.15, -0.1) is 0 Å². The predicted molar refractivity (Wildman–Crippen MR) is 149 cm³/mol. The van der Waals surface area contributed by atoms with E-state index in [4.69, 9.17) is 5.10 Å². The number of likely N-dealkylation sites (tertiary alicyclic amines) is 1. The van der Waals surface area contributed by atoms with E-state index >= 15 is 0 Å². The first-order valence-electron chi connectivity index (χ1n) is 12.4. The molecule has 186 valence electrons. The molecule has 3 aromatic carbocycles. The SMILES string of the molecule is O=C(N/C(=C\c1cn(-c2ccccc2)nc1-c1ccccc1)C(=O)N1CCCCC1)c1ccc(Br)cc1. The minimum absolute atomic E-state index is 0.184. The number of carbonyl (C=O) groups is 2. The number of rotatable bonds is 6. The molecule has 0 spiro atoms. The molecule has 6 nitrogen and oxygen atoms in total. The summed E-state index contributed by atoms with van der Waals surface area (Å²) in [5.41, 5.74) is 4.01. The van der Waals surface area contributed by atoms with Crippen LogP contribution in [0.4, 0.5) is 0 Å². The highest BCUT2D eigenvalue weighted by Gasteiger charge is 2.23. The topological polar surface area (TPSA) is 67.2 Å². The van der Waals surface area contributed by atoms with Crippen LogP contribution in [0.15, 0.2) is 101 Å². The molecule has 1 saturated heterocycles. The molecular weight excluding hydrogens is 528 g/mol. The van der Waals surface area contributed by atoms with E-state index in [-0.39, 0.29) is 17.5 Å². The molecule has 1 aliphatic heterocycles. The maximum absolute atomic E-state index is 13.7.